The van der Waals surface area contributed by atoms with Crippen LogP contribution in [0.3, 0.4) is 0 Å². The highest BCUT2D eigenvalue weighted by molar-refractivity contribution is 7.99. The minimum absolute atomic E-state index is 0.238. The number of H-pyrrole nitrogens is 1. The van der Waals surface area contributed by atoms with Gasteiger partial charge < -0.3 is 10.1 Å². The van der Waals surface area contributed by atoms with Gasteiger partial charge in [-0.2, -0.15) is 5.10 Å². The first-order chi connectivity index (χ1) is 13.2. The molecule has 0 bridgehead atoms. The molecule has 0 spiro atoms. The number of benzene rings is 2. The number of hydrogen-bond donors (Lipinski definition) is 2. The normalized spacial score (nSPS) is 10.7. The molecule has 7 nitrogen and oxygen atoms in total. The minimum atomic E-state index is -0.238. The summed E-state index contributed by atoms with van der Waals surface area (Å²) >= 11 is 1.31. The van der Waals surface area contributed by atoms with Crippen molar-refractivity contribution >= 4 is 34.3 Å². The van der Waals surface area contributed by atoms with Gasteiger partial charge in [0.1, 0.15) is 17.1 Å². The number of nitrogens with one attached hydrogen (secondary N) is 2. The SMILES string of the molecule is COc1ccccc1NC(=O)c1cc(Sc2ncn[nH]2)nc2ccccc12. The summed E-state index contributed by atoms with van der Waals surface area (Å²) < 4.78 is 5.31. The number of aromatic nitrogens is 4. The molecular weight excluding hydrogens is 362 g/mol. The molecule has 8 heteroatoms. The van der Waals surface area contributed by atoms with E-state index in [1.165, 1.54) is 18.1 Å². The van der Waals surface area contributed by atoms with E-state index < -0.39 is 0 Å². The summed E-state index contributed by atoms with van der Waals surface area (Å²) in [5, 5.41) is 11.6. The zero-order valence-corrected chi connectivity index (χ0v) is 15.2. The molecule has 0 fully saturated rings. The number of nitrogens with zero attached hydrogens (tertiary/aromatic N) is 3. The van der Waals surface area contributed by atoms with E-state index in [9.17, 15) is 4.79 Å². The first kappa shape index (κ1) is 17.0. The summed E-state index contributed by atoms with van der Waals surface area (Å²) in [4.78, 5) is 21.7. The van der Waals surface area contributed by atoms with Gasteiger partial charge in [0.15, 0.2) is 5.16 Å². The van der Waals surface area contributed by atoms with Crippen molar-refractivity contribution < 1.29 is 9.53 Å². The predicted octanol–water partition coefficient (Wildman–Crippen LogP) is 3.77. The number of carbonyl (C=O) groups excluding carboxylic acids is 1. The molecule has 2 aromatic heterocycles. The van der Waals surface area contributed by atoms with Gasteiger partial charge in [0.25, 0.3) is 5.91 Å². The van der Waals surface area contributed by atoms with Crippen molar-refractivity contribution in [2.75, 3.05) is 12.4 Å². The number of pyridine rings is 1. The van der Waals surface area contributed by atoms with E-state index in [4.69, 9.17) is 4.74 Å². The third-order valence-electron chi connectivity index (χ3n) is 3.89. The second-order valence-electron chi connectivity index (χ2n) is 5.57. The smallest absolute Gasteiger partial charge is 0.256 e. The predicted molar refractivity (Wildman–Crippen MR) is 103 cm³/mol. The third kappa shape index (κ3) is 3.61. The molecular formula is C19H15N5O2S. The second kappa shape index (κ2) is 7.46. The van der Waals surface area contributed by atoms with Crippen molar-refractivity contribution in [2.45, 2.75) is 10.2 Å². The molecule has 0 unspecified atom stereocenters. The molecule has 1 amide bonds. The molecule has 4 rings (SSSR count). The third-order valence-corrected chi connectivity index (χ3v) is 4.69. The number of fused-ring (bicyclic) bond motifs is 1. The maximum Gasteiger partial charge on any atom is 0.256 e. The van der Waals surface area contributed by atoms with Crippen LogP contribution in [0.5, 0.6) is 5.75 Å². The number of methoxy groups -OCH3 is 1. The summed E-state index contributed by atoms with van der Waals surface area (Å²) in [6, 6.07) is 16.6. The summed E-state index contributed by atoms with van der Waals surface area (Å²) in [6.07, 6.45) is 1.43. The van der Waals surface area contributed by atoms with E-state index >= 15 is 0 Å². The van der Waals surface area contributed by atoms with Crippen LogP contribution in [0.1, 0.15) is 10.4 Å². The average Bonchev–Trinajstić information content (AvgIpc) is 3.20. The molecule has 27 heavy (non-hydrogen) atoms. The van der Waals surface area contributed by atoms with Crippen LogP contribution in [0.4, 0.5) is 5.69 Å². The fourth-order valence-electron chi connectivity index (χ4n) is 2.67. The van der Waals surface area contributed by atoms with Gasteiger partial charge in [-0.15, -0.1) is 0 Å². The fourth-order valence-corrected chi connectivity index (χ4v) is 3.39. The fraction of sp³-hybridized carbons (Fsp3) is 0.0526. The Balaban J connectivity index is 1.73. The largest absolute Gasteiger partial charge is 0.495 e. The topological polar surface area (TPSA) is 92.8 Å². The Kier molecular flexibility index (Phi) is 4.71. The van der Waals surface area contributed by atoms with Crippen LogP contribution in [0.2, 0.25) is 0 Å². The van der Waals surface area contributed by atoms with E-state index in [1.54, 1.807) is 25.3 Å². The Bertz CT molecular complexity index is 1100. The highest BCUT2D eigenvalue weighted by atomic mass is 32.2. The number of para-hydroxylation sites is 3. The van der Waals surface area contributed by atoms with Crippen LogP contribution in [-0.4, -0.2) is 33.2 Å². The Hall–Kier alpha value is -3.39. The van der Waals surface area contributed by atoms with Gasteiger partial charge in [0, 0.05) is 5.39 Å². The number of anilines is 1. The molecule has 4 aromatic rings. The number of amides is 1. The van der Waals surface area contributed by atoms with Crippen molar-refractivity contribution in [1.29, 1.82) is 0 Å². The molecule has 2 aromatic carbocycles. The quantitative estimate of drug-likeness (QED) is 0.550. The number of ether oxygens (including phenoxy) is 1. The highest BCUT2D eigenvalue weighted by Gasteiger charge is 2.16. The second-order valence-corrected chi connectivity index (χ2v) is 6.58. The van der Waals surface area contributed by atoms with Gasteiger partial charge in [-0.3, -0.25) is 9.89 Å². The van der Waals surface area contributed by atoms with Crippen molar-refractivity contribution in [3.8, 4) is 5.75 Å². The van der Waals surface area contributed by atoms with Crippen LogP contribution in [0, 0.1) is 0 Å². The van der Waals surface area contributed by atoms with E-state index in [2.05, 4.69) is 25.5 Å². The van der Waals surface area contributed by atoms with Crippen molar-refractivity contribution in [2.24, 2.45) is 0 Å². The molecule has 134 valence electrons. The Morgan fingerprint density at radius 3 is 2.78 bits per heavy atom. The van der Waals surface area contributed by atoms with Crippen LogP contribution < -0.4 is 10.1 Å². The van der Waals surface area contributed by atoms with Crippen molar-refractivity contribution in [1.82, 2.24) is 20.2 Å². The minimum Gasteiger partial charge on any atom is -0.495 e. The van der Waals surface area contributed by atoms with Gasteiger partial charge in [-0.25, -0.2) is 9.97 Å². The van der Waals surface area contributed by atoms with Crippen LogP contribution in [-0.2, 0) is 0 Å². The Labute approximate surface area is 159 Å². The van der Waals surface area contributed by atoms with Gasteiger partial charge in [-0.05, 0) is 36.0 Å². The Morgan fingerprint density at radius 1 is 1.15 bits per heavy atom. The van der Waals surface area contributed by atoms with Crippen molar-refractivity contribution in [3.05, 3.63) is 66.5 Å². The van der Waals surface area contributed by atoms with E-state index in [0.717, 1.165) is 10.9 Å². The van der Waals surface area contributed by atoms with E-state index in [-0.39, 0.29) is 5.91 Å². The monoisotopic (exact) mass is 377 g/mol. The molecule has 0 radical (unpaired) electrons. The number of hydrogen-bond acceptors (Lipinski definition) is 6. The summed E-state index contributed by atoms with van der Waals surface area (Å²) in [7, 11) is 1.57. The zero-order chi connectivity index (χ0) is 18.6. The van der Waals surface area contributed by atoms with E-state index in [0.29, 0.717) is 27.2 Å². The van der Waals surface area contributed by atoms with Gasteiger partial charge >= 0.3 is 0 Å². The lowest BCUT2D eigenvalue weighted by molar-refractivity contribution is 0.102. The number of aromatic amines is 1. The van der Waals surface area contributed by atoms with Gasteiger partial charge in [-0.1, -0.05) is 30.3 Å². The lowest BCUT2D eigenvalue weighted by Gasteiger charge is -2.12. The molecule has 2 N–H and O–H groups in total. The summed E-state index contributed by atoms with van der Waals surface area (Å²) in [5.74, 6) is 0.359. The van der Waals surface area contributed by atoms with Crippen LogP contribution >= 0.6 is 11.8 Å². The van der Waals surface area contributed by atoms with Gasteiger partial charge in [0.05, 0.1) is 23.9 Å². The Morgan fingerprint density at radius 2 is 1.96 bits per heavy atom. The maximum absolute atomic E-state index is 13.0. The molecule has 0 aliphatic carbocycles. The number of rotatable bonds is 5. The lowest BCUT2D eigenvalue weighted by Crippen LogP contribution is -2.13. The molecule has 0 aliphatic rings. The van der Waals surface area contributed by atoms with Crippen molar-refractivity contribution in [3.63, 3.8) is 0 Å². The molecule has 0 saturated carbocycles. The molecule has 0 atom stereocenters. The molecule has 2 heterocycles. The summed E-state index contributed by atoms with van der Waals surface area (Å²) in [6.45, 7) is 0. The van der Waals surface area contributed by atoms with E-state index in [1.807, 2.05) is 36.4 Å². The first-order valence-corrected chi connectivity index (χ1v) is 8.93. The maximum atomic E-state index is 13.0. The zero-order valence-electron chi connectivity index (χ0n) is 14.3. The average molecular weight is 377 g/mol. The lowest BCUT2D eigenvalue weighted by atomic mass is 10.1. The summed E-state index contributed by atoms with van der Waals surface area (Å²) in [5.41, 5.74) is 1.86. The standard InChI is InChI=1S/C19H15N5O2S/c1-26-16-9-5-4-8-15(16)23-18(25)13-10-17(27-19-20-11-21-24-19)22-14-7-3-2-6-12(13)14/h2-11H,1H3,(H,23,25)(H,20,21,24). The molecule has 0 saturated heterocycles. The first-order valence-electron chi connectivity index (χ1n) is 8.12. The number of carbonyl (C=O) groups is 1. The van der Waals surface area contributed by atoms with Gasteiger partial charge in [0.2, 0.25) is 0 Å². The van der Waals surface area contributed by atoms with Crippen LogP contribution in [0.15, 0.2) is 71.1 Å². The highest BCUT2D eigenvalue weighted by Crippen LogP contribution is 2.29. The van der Waals surface area contributed by atoms with Crippen LogP contribution in [0.25, 0.3) is 10.9 Å². The molecule has 0 aliphatic heterocycles.